The van der Waals surface area contributed by atoms with Crippen molar-refractivity contribution in [1.82, 2.24) is 5.32 Å². The molecule has 1 aliphatic rings. The molecule has 100 valence electrons. The molecule has 0 radical (unpaired) electrons. The van der Waals surface area contributed by atoms with Crippen molar-refractivity contribution < 1.29 is 13.5 Å². The minimum atomic E-state index is -1.00. The first-order valence-electron chi connectivity index (χ1n) is 6.20. The van der Waals surface area contributed by atoms with Gasteiger partial charge in [0.15, 0.2) is 11.6 Å². The van der Waals surface area contributed by atoms with E-state index < -0.39 is 11.6 Å². The van der Waals surface area contributed by atoms with Gasteiger partial charge in [-0.15, -0.1) is 0 Å². The average Bonchev–Trinajstić information content (AvgIpc) is 2.40. The fourth-order valence-electron chi connectivity index (χ4n) is 2.26. The fourth-order valence-corrected chi connectivity index (χ4v) is 2.26. The molecule has 1 heterocycles. The van der Waals surface area contributed by atoms with Gasteiger partial charge in [0, 0.05) is 0 Å². The predicted octanol–water partition coefficient (Wildman–Crippen LogP) is 2.31. The van der Waals surface area contributed by atoms with Gasteiger partial charge in [0.1, 0.15) is 0 Å². The van der Waals surface area contributed by atoms with E-state index in [1.54, 1.807) is 0 Å². The van der Waals surface area contributed by atoms with Crippen molar-refractivity contribution in [3.8, 4) is 5.75 Å². The largest absolute Gasteiger partial charge is 0.485 e. The van der Waals surface area contributed by atoms with Crippen LogP contribution in [-0.4, -0.2) is 19.2 Å². The molecule has 1 aromatic rings. The van der Waals surface area contributed by atoms with Crippen molar-refractivity contribution in [1.29, 1.82) is 0 Å². The average molecular weight is 256 g/mol. The Labute approximate surface area is 105 Å². The molecule has 0 aromatic heterocycles. The van der Waals surface area contributed by atoms with Crippen molar-refractivity contribution in [3.05, 3.63) is 23.8 Å². The quantitative estimate of drug-likeness (QED) is 0.816. The van der Waals surface area contributed by atoms with Crippen LogP contribution in [0.1, 0.15) is 19.8 Å². The number of piperidine rings is 1. The molecule has 0 bridgehead atoms. The summed E-state index contributed by atoms with van der Waals surface area (Å²) < 4.78 is 32.3. The molecule has 0 aliphatic carbocycles. The standard InChI is InChI=1S/C13H18F2N2O/c1-8(9-4-6-17-7-5-9)18-13-11(16)3-2-10(14)12(13)15/h2-3,8-9,17H,4-7,16H2,1H3. The number of nitrogen functional groups attached to an aromatic ring is 1. The van der Waals surface area contributed by atoms with Crippen LogP contribution in [0.15, 0.2) is 12.1 Å². The summed E-state index contributed by atoms with van der Waals surface area (Å²) in [7, 11) is 0. The summed E-state index contributed by atoms with van der Waals surface area (Å²) in [6, 6.07) is 2.33. The number of hydrogen-bond donors (Lipinski definition) is 2. The highest BCUT2D eigenvalue weighted by atomic mass is 19.2. The smallest absolute Gasteiger partial charge is 0.202 e. The molecule has 0 saturated carbocycles. The van der Waals surface area contributed by atoms with Crippen LogP contribution < -0.4 is 15.8 Å². The molecule has 0 spiro atoms. The highest BCUT2D eigenvalue weighted by molar-refractivity contribution is 5.53. The summed E-state index contributed by atoms with van der Waals surface area (Å²) in [5.74, 6) is -1.76. The second kappa shape index (κ2) is 5.52. The van der Waals surface area contributed by atoms with Gasteiger partial charge >= 0.3 is 0 Å². The minimum Gasteiger partial charge on any atom is -0.485 e. The lowest BCUT2D eigenvalue weighted by Crippen LogP contribution is -2.35. The fraction of sp³-hybridized carbons (Fsp3) is 0.538. The molecule has 3 N–H and O–H groups in total. The van der Waals surface area contributed by atoms with Gasteiger partial charge in [-0.1, -0.05) is 0 Å². The SMILES string of the molecule is CC(Oc1c(N)ccc(F)c1F)C1CCNCC1. The summed E-state index contributed by atoms with van der Waals surface area (Å²) >= 11 is 0. The van der Waals surface area contributed by atoms with Crippen LogP contribution in [0.2, 0.25) is 0 Å². The van der Waals surface area contributed by atoms with Crippen LogP contribution in [0.3, 0.4) is 0 Å². The van der Waals surface area contributed by atoms with Crippen LogP contribution in [0.25, 0.3) is 0 Å². The number of benzene rings is 1. The van der Waals surface area contributed by atoms with E-state index in [0.717, 1.165) is 32.0 Å². The van der Waals surface area contributed by atoms with Crippen molar-refractivity contribution in [2.75, 3.05) is 18.8 Å². The molecule has 1 aliphatic heterocycles. The van der Waals surface area contributed by atoms with Crippen LogP contribution in [0.4, 0.5) is 14.5 Å². The molecule has 1 unspecified atom stereocenters. The summed E-state index contributed by atoms with van der Waals surface area (Å²) in [6.07, 6.45) is 1.77. The van der Waals surface area contributed by atoms with Crippen LogP contribution in [0.5, 0.6) is 5.75 Å². The zero-order valence-electron chi connectivity index (χ0n) is 10.4. The zero-order valence-corrected chi connectivity index (χ0v) is 10.4. The van der Waals surface area contributed by atoms with Crippen LogP contribution in [-0.2, 0) is 0 Å². The van der Waals surface area contributed by atoms with Crippen molar-refractivity contribution in [2.24, 2.45) is 5.92 Å². The molecule has 3 nitrogen and oxygen atoms in total. The molecule has 2 rings (SSSR count). The van der Waals surface area contributed by atoms with E-state index in [2.05, 4.69) is 5.32 Å². The van der Waals surface area contributed by atoms with E-state index in [-0.39, 0.29) is 17.5 Å². The Morgan fingerprint density at radius 3 is 2.67 bits per heavy atom. The summed E-state index contributed by atoms with van der Waals surface area (Å²) in [5.41, 5.74) is 5.76. The van der Waals surface area contributed by atoms with Crippen molar-refractivity contribution in [2.45, 2.75) is 25.9 Å². The van der Waals surface area contributed by atoms with Gasteiger partial charge in [-0.05, 0) is 50.9 Å². The second-order valence-electron chi connectivity index (χ2n) is 4.69. The highest BCUT2D eigenvalue weighted by Crippen LogP contribution is 2.30. The van der Waals surface area contributed by atoms with Crippen molar-refractivity contribution >= 4 is 5.69 Å². The molecule has 1 aromatic carbocycles. The van der Waals surface area contributed by atoms with Gasteiger partial charge in [0.25, 0.3) is 0 Å². The Kier molecular flexibility index (Phi) is 4.01. The van der Waals surface area contributed by atoms with Crippen LogP contribution >= 0.6 is 0 Å². The second-order valence-corrected chi connectivity index (χ2v) is 4.69. The third kappa shape index (κ3) is 2.72. The molecule has 18 heavy (non-hydrogen) atoms. The Hall–Kier alpha value is -1.36. The maximum atomic E-state index is 13.6. The maximum absolute atomic E-state index is 13.6. The lowest BCUT2D eigenvalue weighted by molar-refractivity contribution is 0.123. The molecule has 5 heteroatoms. The van der Waals surface area contributed by atoms with E-state index >= 15 is 0 Å². The van der Waals surface area contributed by atoms with Gasteiger partial charge < -0.3 is 15.8 Å². The van der Waals surface area contributed by atoms with Gasteiger partial charge in [-0.25, -0.2) is 4.39 Å². The van der Waals surface area contributed by atoms with E-state index in [4.69, 9.17) is 10.5 Å². The molecular weight excluding hydrogens is 238 g/mol. The summed E-state index contributed by atoms with van der Waals surface area (Å²) in [4.78, 5) is 0. The summed E-state index contributed by atoms with van der Waals surface area (Å²) in [6.45, 7) is 3.73. The Balaban J connectivity index is 2.10. The number of nitrogens with one attached hydrogen (secondary N) is 1. The Bertz CT molecular complexity index is 420. The van der Waals surface area contributed by atoms with Crippen LogP contribution in [0, 0.1) is 17.6 Å². The first-order valence-corrected chi connectivity index (χ1v) is 6.20. The molecule has 1 saturated heterocycles. The maximum Gasteiger partial charge on any atom is 0.202 e. The van der Waals surface area contributed by atoms with Gasteiger partial charge in [-0.3, -0.25) is 0 Å². The molecule has 0 amide bonds. The van der Waals surface area contributed by atoms with E-state index in [1.807, 2.05) is 6.92 Å². The third-order valence-electron chi connectivity index (χ3n) is 3.43. The van der Waals surface area contributed by atoms with Crippen molar-refractivity contribution in [3.63, 3.8) is 0 Å². The van der Waals surface area contributed by atoms with E-state index in [0.29, 0.717) is 5.92 Å². The lowest BCUT2D eigenvalue weighted by Gasteiger charge is -2.29. The molecular formula is C13H18F2N2O. The third-order valence-corrected chi connectivity index (χ3v) is 3.43. The molecule has 1 atom stereocenters. The van der Waals surface area contributed by atoms with Gasteiger partial charge in [0.05, 0.1) is 11.8 Å². The number of nitrogens with two attached hydrogens (primary N) is 1. The highest BCUT2D eigenvalue weighted by Gasteiger charge is 2.24. The number of anilines is 1. The Morgan fingerprint density at radius 1 is 1.33 bits per heavy atom. The number of ether oxygens (including phenoxy) is 1. The topological polar surface area (TPSA) is 47.3 Å². The zero-order chi connectivity index (χ0) is 13.1. The number of halogens is 2. The van der Waals surface area contributed by atoms with E-state index in [1.165, 1.54) is 6.07 Å². The monoisotopic (exact) mass is 256 g/mol. The first-order chi connectivity index (χ1) is 8.59. The number of rotatable bonds is 3. The number of hydrogen-bond acceptors (Lipinski definition) is 3. The Morgan fingerprint density at radius 2 is 2.00 bits per heavy atom. The lowest BCUT2D eigenvalue weighted by atomic mass is 9.93. The molecule has 1 fully saturated rings. The summed E-state index contributed by atoms with van der Waals surface area (Å²) in [5, 5.41) is 3.25. The normalized spacial score (nSPS) is 18.6. The predicted molar refractivity (Wildman–Crippen MR) is 66.5 cm³/mol. The van der Waals surface area contributed by atoms with Gasteiger partial charge in [0.2, 0.25) is 5.82 Å². The van der Waals surface area contributed by atoms with E-state index in [9.17, 15) is 8.78 Å². The minimum absolute atomic E-state index is 0.134. The van der Waals surface area contributed by atoms with Gasteiger partial charge in [-0.2, -0.15) is 4.39 Å². The first kappa shape index (κ1) is 13.1.